The summed E-state index contributed by atoms with van der Waals surface area (Å²) in [6, 6.07) is 7.47. The number of carbonyl (C=O) groups excluding carboxylic acids is 1. The normalized spacial score (nSPS) is 11.3. The second kappa shape index (κ2) is 6.49. The lowest BCUT2D eigenvalue weighted by molar-refractivity contribution is -0.124. The molecule has 5 nitrogen and oxygen atoms in total. The van der Waals surface area contributed by atoms with Crippen LogP contribution in [-0.4, -0.2) is 46.6 Å². The highest BCUT2D eigenvalue weighted by Gasteiger charge is 2.29. The number of benzene rings is 1. The summed E-state index contributed by atoms with van der Waals surface area (Å²) in [5, 5.41) is 29.8. The minimum Gasteiger partial charge on any atom is -0.394 e. The Morgan fingerprint density at radius 3 is 2.22 bits per heavy atom. The monoisotopic (exact) mass is 253 g/mol. The minimum atomic E-state index is -1.36. The van der Waals surface area contributed by atoms with Gasteiger partial charge in [-0.3, -0.25) is 4.79 Å². The first-order valence-electron chi connectivity index (χ1n) is 5.75. The van der Waals surface area contributed by atoms with Gasteiger partial charge in [0.1, 0.15) is 5.54 Å². The first kappa shape index (κ1) is 14.6. The second-order valence-corrected chi connectivity index (χ2v) is 4.41. The Balaban J connectivity index is 2.70. The van der Waals surface area contributed by atoms with E-state index in [1.807, 2.05) is 31.2 Å². The van der Waals surface area contributed by atoms with Gasteiger partial charge in [0.25, 0.3) is 0 Å². The van der Waals surface area contributed by atoms with E-state index in [9.17, 15) is 4.79 Å². The van der Waals surface area contributed by atoms with Crippen LogP contribution in [0.4, 0.5) is 0 Å². The van der Waals surface area contributed by atoms with Crippen LogP contribution in [0.5, 0.6) is 0 Å². The number of nitrogens with one attached hydrogen (secondary N) is 1. The van der Waals surface area contributed by atoms with E-state index in [1.54, 1.807) is 0 Å². The molecule has 0 aliphatic heterocycles. The lowest BCUT2D eigenvalue weighted by atomic mass is 10.0. The molecule has 0 radical (unpaired) electrons. The maximum atomic E-state index is 11.8. The Bertz CT molecular complexity index is 393. The van der Waals surface area contributed by atoms with Crippen molar-refractivity contribution in [3.8, 4) is 0 Å². The molecule has 18 heavy (non-hydrogen) atoms. The van der Waals surface area contributed by atoms with Crippen LogP contribution >= 0.6 is 0 Å². The number of hydrogen-bond acceptors (Lipinski definition) is 4. The van der Waals surface area contributed by atoms with Crippen molar-refractivity contribution in [3.63, 3.8) is 0 Å². The Morgan fingerprint density at radius 2 is 1.72 bits per heavy atom. The third-order valence-corrected chi connectivity index (χ3v) is 2.92. The van der Waals surface area contributed by atoms with Crippen LogP contribution in [0.2, 0.25) is 0 Å². The van der Waals surface area contributed by atoms with Gasteiger partial charge >= 0.3 is 0 Å². The molecular weight excluding hydrogens is 234 g/mol. The van der Waals surface area contributed by atoms with E-state index < -0.39 is 25.4 Å². The van der Waals surface area contributed by atoms with E-state index in [2.05, 4.69) is 5.32 Å². The fourth-order valence-electron chi connectivity index (χ4n) is 1.59. The zero-order chi connectivity index (χ0) is 13.6. The van der Waals surface area contributed by atoms with Gasteiger partial charge in [0.05, 0.1) is 26.2 Å². The van der Waals surface area contributed by atoms with Crippen LogP contribution in [0.25, 0.3) is 0 Å². The molecule has 1 rings (SSSR count). The topological polar surface area (TPSA) is 89.8 Å². The Hall–Kier alpha value is -1.43. The summed E-state index contributed by atoms with van der Waals surface area (Å²) < 4.78 is 0. The van der Waals surface area contributed by atoms with Crippen molar-refractivity contribution >= 4 is 5.91 Å². The van der Waals surface area contributed by atoms with E-state index in [4.69, 9.17) is 15.3 Å². The van der Waals surface area contributed by atoms with Crippen molar-refractivity contribution in [3.05, 3.63) is 35.4 Å². The lowest BCUT2D eigenvalue weighted by Gasteiger charge is -2.28. The first-order valence-corrected chi connectivity index (χ1v) is 5.75. The Labute approximate surface area is 106 Å². The largest absolute Gasteiger partial charge is 0.394 e. The van der Waals surface area contributed by atoms with Crippen LogP contribution in [0, 0.1) is 6.92 Å². The Kier molecular flexibility index (Phi) is 5.27. The van der Waals surface area contributed by atoms with Gasteiger partial charge in [-0.15, -0.1) is 0 Å². The molecule has 0 fully saturated rings. The first-order chi connectivity index (χ1) is 8.56. The summed E-state index contributed by atoms with van der Waals surface area (Å²) in [6.45, 7) is 0.360. The molecule has 0 saturated carbocycles. The highest BCUT2D eigenvalue weighted by Crippen LogP contribution is 2.09. The predicted molar refractivity (Wildman–Crippen MR) is 67.0 cm³/mol. The Morgan fingerprint density at radius 1 is 1.17 bits per heavy atom. The van der Waals surface area contributed by atoms with Gasteiger partial charge in [0.15, 0.2) is 0 Å². The van der Waals surface area contributed by atoms with Crippen molar-refractivity contribution in [2.45, 2.75) is 18.9 Å². The molecule has 1 amide bonds. The molecule has 1 aromatic rings. The third-order valence-electron chi connectivity index (χ3n) is 2.92. The third kappa shape index (κ3) is 3.53. The molecule has 0 aromatic heterocycles. The maximum Gasteiger partial charge on any atom is 0.225 e. The molecule has 0 saturated heterocycles. The van der Waals surface area contributed by atoms with Crippen LogP contribution in [0.15, 0.2) is 24.3 Å². The van der Waals surface area contributed by atoms with Gasteiger partial charge in [-0.1, -0.05) is 24.3 Å². The molecular formula is C13H19NO4. The van der Waals surface area contributed by atoms with Gasteiger partial charge in [-0.25, -0.2) is 0 Å². The molecule has 4 N–H and O–H groups in total. The smallest absolute Gasteiger partial charge is 0.225 e. The van der Waals surface area contributed by atoms with Gasteiger partial charge in [-0.05, 0) is 18.1 Å². The second-order valence-electron chi connectivity index (χ2n) is 4.41. The van der Waals surface area contributed by atoms with Crippen LogP contribution in [-0.2, 0) is 11.2 Å². The minimum absolute atomic E-state index is 0.147. The summed E-state index contributed by atoms with van der Waals surface area (Å²) in [6.07, 6.45) is 0.147. The van der Waals surface area contributed by atoms with Crippen LogP contribution in [0.3, 0.4) is 0 Å². The maximum absolute atomic E-state index is 11.8. The predicted octanol–water partition coefficient (Wildman–Crippen LogP) is -0.631. The molecule has 0 heterocycles. The molecule has 0 atom stereocenters. The molecule has 0 aliphatic rings. The van der Waals surface area contributed by atoms with E-state index in [0.717, 1.165) is 11.1 Å². The fraction of sp³-hybridized carbons (Fsp3) is 0.462. The number of hydrogen-bond donors (Lipinski definition) is 4. The van der Waals surface area contributed by atoms with Crippen LogP contribution < -0.4 is 5.32 Å². The van der Waals surface area contributed by atoms with E-state index in [-0.39, 0.29) is 12.3 Å². The average Bonchev–Trinajstić information content (AvgIpc) is 2.39. The summed E-state index contributed by atoms with van der Waals surface area (Å²) >= 11 is 0. The van der Waals surface area contributed by atoms with Gasteiger partial charge in [-0.2, -0.15) is 0 Å². The lowest BCUT2D eigenvalue weighted by Crippen LogP contribution is -2.57. The van der Waals surface area contributed by atoms with E-state index in [1.165, 1.54) is 0 Å². The highest BCUT2D eigenvalue weighted by atomic mass is 16.3. The molecule has 1 aromatic carbocycles. The van der Waals surface area contributed by atoms with Gasteiger partial charge in [0, 0.05) is 0 Å². The molecule has 0 bridgehead atoms. The SMILES string of the molecule is Cc1ccccc1CC(=O)NC(CO)(CO)CO. The number of aliphatic hydroxyl groups is 3. The molecule has 0 unspecified atom stereocenters. The number of amides is 1. The van der Waals surface area contributed by atoms with Crippen molar-refractivity contribution < 1.29 is 20.1 Å². The summed E-state index contributed by atoms with van der Waals surface area (Å²) in [5.74, 6) is -0.346. The van der Waals surface area contributed by atoms with Gasteiger partial charge in [0.2, 0.25) is 5.91 Å². The summed E-state index contributed by atoms with van der Waals surface area (Å²) in [5.41, 5.74) is 0.507. The zero-order valence-electron chi connectivity index (χ0n) is 10.4. The number of carbonyl (C=O) groups is 1. The molecule has 0 spiro atoms. The van der Waals surface area contributed by atoms with Crippen molar-refractivity contribution in [1.82, 2.24) is 5.32 Å². The summed E-state index contributed by atoms with van der Waals surface area (Å²) in [7, 11) is 0. The van der Waals surface area contributed by atoms with Crippen molar-refractivity contribution in [1.29, 1.82) is 0 Å². The average molecular weight is 253 g/mol. The summed E-state index contributed by atoms with van der Waals surface area (Å²) in [4.78, 5) is 11.8. The number of aryl methyl sites for hydroxylation is 1. The van der Waals surface area contributed by atoms with Crippen molar-refractivity contribution in [2.75, 3.05) is 19.8 Å². The number of aliphatic hydroxyl groups excluding tert-OH is 3. The van der Waals surface area contributed by atoms with E-state index in [0.29, 0.717) is 0 Å². The number of rotatable bonds is 6. The molecule has 100 valence electrons. The quantitative estimate of drug-likeness (QED) is 0.543. The highest BCUT2D eigenvalue weighted by molar-refractivity contribution is 5.79. The molecule has 0 aliphatic carbocycles. The van der Waals surface area contributed by atoms with Crippen molar-refractivity contribution in [2.24, 2.45) is 0 Å². The van der Waals surface area contributed by atoms with E-state index >= 15 is 0 Å². The van der Waals surface area contributed by atoms with Crippen LogP contribution in [0.1, 0.15) is 11.1 Å². The van der Waals surface area contributed by atoms with Gasteiger partial charge < -0.3 is 20.6 Å². The molecule has 5 heteroatoms. The zero-order valence-corrected chi connectivity index (χ0v) is 10.4. The standard InChI is InChI=1S/C13H19NO4/c1-10-4-2-3-5-11(10)6-12(18)14-13(7-15,8-16)9-17/h2-5,15-17H,6-9H2,1H3,(H,14,18). The fourth-order valence-corrected chi connectivity index (χ4v) is 1.59.